The van der Waals surface area contributed by atoms with Crippen LogP contribution in [0.1, 0.15) is 27.7 Å². The van der Waals surface area contributed by atoms with Crippen molar-refractivity contribution >= 4 is 8.32 Å². The molecule has 0 saturated carbocycles. The molecule has 0 aromatic carbocycles. The topological polar surface area (TPSA) is 18.5 Å². The molecule has 0 spiro atoms. The van der Waals surface area contributed by atoms with Gasteiger partial charge < -0.3 is 9.16 Å². The molecule has 0 amide bonds. The molecule has 0 N–H and O–H groups in total. The molecule has 0 aromatic rings. The van der Waals surface area contributed by atoms with Crippen molar-refractivity contribution in [1.29, 1.82) is 0 Å². The van der Waals surface area contributed by atoms with Gasteiger partial charge in [-0.1, -0.05) is 27.4 Å². The Morgan fingerprint density at radius 2 is 1.67 bits per heavy atom. The van der Waals surface area contributed by atoms with Crippen molar-refractivity contribution in [2.24, 2.45) is 0 Å². The lowest BCUT2D eigenvalue weighted by molar-refractivity contribution is 0.328. The van der Waals surface area contributed by atoms with E-state index in [4.69, 9.17) is 9.16 Å². The molecule has 2 nitrogen and oxygen atoms in total. The first-order valence-electron chi connectivity index (χ1n) is 5.63. The quantitative estimate of drug-likeness (QED) is 0.371. The van der Waals surface area contributed by atoms with Crippen molar-refractivity contribution in [2.45, 2.75) is 45.8 Å². The smallest absolute Gasteiger partial charge is 0.250 e. The van der Waals surface area contributed by atoms with Crippen LogP contribution in [0.2, 0.25) is 18.1 Å². The Morgan fingerprint density at radius 1 is 1.20 bits per heavy atom. The number of hydrogen-bond acceptors (Lipinski definition) is 2. The van der Waals surface area contributed by atoms with Crippen molar-refractivity contribution in [1.82, 2.24) is 0 Å². The highest BCUT2D eigenvalue weighted by molar-refractivity contribution is 6.73. The molecule has 0 aromatic heterocycles. The number of hydrogen-bond donors (Lipinski definition) is 0. The van der Waals surface area contributed by atoms with Crippen LogP contribution in [0.25, 0.3) is 0 Å². The number of ether oxygens (including phenoxy) is 1. The Hall–Kier alpha value is -0.703. The molecular formula is C12H24O2Si. The van der Waals surface area contributed by atoms with Gasteiger partial charge >= 0.3 is 0 Å². The molecule has 88 valence electrons. The number of methoxy groups -OCH3 is 1. The lowest BCUT2D eigenvalue weighted by atomic mass is 10.3. The fourth-order valence-corrected chi connectivity index (χ4v) is 4.17. The second-order valence-electron chi connectivity index (χ2n) is 3.81. The van der Waals surface area contributed by atoms with Crippen LogP contribution in [-0.2, 0) is 9.16 Å². The van der Waals surface area contributed by atoms with Crippen LogP contribution in [-0.4, -0.2) is 15.4 Å². The van der Waals surface area contributed by atoms with Gasteiger partial charge in [-0.05, 0) is 25.1 Å². The highest BCUT2D eigenvalue weighted by Crippen LogP contribution is 2.26. The van der Waals surface area contributed by atoms with Gasteiger partial charge in [0.2, 0.25) is 8.32 Å². The van der Waals surface area contributed by atoms with Gasteiger partial charge in [-0.15, -0.1) is 0 Å². The predicted octanol–water partition coefficient (Wildman–Crippen LogP) is 4.07. The maximum atomic E-state index is 6.10. The molecule has 0 heterocycles. The van der Waals surface area contributed by atoms with Gasteiger partial charge in [0, 0.05) is 5.57 Å². The van der Waals surface area contributed by atoms with Gasteiger partial charge in [-0.25, -0.2) is 0 Å². The fraction of sp³-hybridized carbons (Fsp3) is 0.667. The van der Waals surface area contributed by atoms with Gasteiger partial charge in [0.05, 0.1) is 13.4 Å². The molecule has 3 heteroatoms. The van der Waals surface area contributed by atoms with E-state index in [1.54, 1.807) is 13.4 Å². The van der Waals surface area contributed by atoms with E-state index in [9.17, 15) is 0 Å². The molecule has 0 bridgehead atoms. The molecule has 0 saturated heterocycles. The highest BCUT2D eigenvalue weighted by atomic mass is 28.4. The van der Waals surface area contributed by atoms with E-state index in [2.05, 4.69) is 27.4 Å². The molecular weight excluding hydrogens is 204 g/mol. The zero-order valence-corrected chi connectivity index (χ0v) is 11.7. The third-order valence-electron chi connectivity index (χ3n) is 3.01. The van der Waals surface area contributed by atoms with Crippen LogP contribution in [0.3, 0.4) is 0 Å². The average molecular weight is 228 g/mol. The zero-order valence-electron chi connectivity index (χ0n) is 10.7. The summed E-state index contributed by atoms with van der Waals surface area (Å²) < 4.78 is 11.0. The SMILES string of the molecule is C=C(O[Si](CC)(CC)CC)/C(C)=C/OC. The van der Waals surface area contributed by atoms with Crippen molar-refractivity contribution in [3.8, 4) is 0 Å². The molecule has 0 radical (unpaired) electrons. The standard InChI is InChI=1S/C12H24O2Si/c1-7-15(8-2,9-3)14-12(5)11(4)10-13-6/h10H,5,7-9H2,1-4,6H3/b11-10+. The first-order chi connectivity index (χ1) is 7.05. The minimum absolute atomic E-state index is 0.772. The molecule has 0 fully saturated rings. The molecule has 0 unspecified atom stereocenters. The largest absolute Gasteiger partial charge is 0.544 e. The molecule has 15 heavy (non-hydrogen) atoms. The lowest BCUT2D eigenvalue weighted by Crippen LogP contribution is -2.35. The summed E-state index contributed by atoms with van der Waals surface area (Å²) in [5.41, 5.74) is 0.977. The maximum Gasteiger partial charge on any atom is 0.250 e. The molecule has 0 aliphatic carbocycles. The van der Waals surface area contributed by atoms with Crippen LogP contribution in [0.4, 0.5) is 0 Å². The second-order valence-corrected chi connectivity index (χ2v) is 8.50. The minimum Gasteiger partial charge on any atom is -0.544 e. The third-order valence-corrected chi connectivity index (χ3v) is 7.55. The molecule has 0 aliphatic heterocycles. The number of allylic oxidation sites excluding steroid dienone is 1. The second kappa shape index (κ2) is 6.72. The van der Waals surface area contributed by atoms with E-state index in [0.29, 0.717) is 0 Å². The van der Waals surface area contributed by atoms with Gasteiger partial charge in [0.1, 0.15) is 5.76 Å². The van der Waals surface area contributed by atoms with Crippen LogP contribution < -0.4 is 0 Å². The summed E-state index contributed by atoms with van der Waals surface area (Å²) in [7, 11) is 0.0716. The lowest BCUT2D eigenvalue weighted by Gasteiger charge is -2.30. The average Bonchev–Trinajstić information content (AvgIpc) is 2.26. The van der Waals surface area contributed by atoms with Gasteiger partial charge in [-0.3, -0.25) is 0 Å². The Morgan fingerprint density at radius 3 is 2.00 bits per heavy atom. The first kappa shape index (κ1) is 14.3. The highest BCUT2D eigenvalue weighted by Gasteiger charge is 2.31. The summed E-state index contributed by atoms with van der Waals surface area (Å²) in [6.45, 7) is 12.6. The van der Waals surface area contributed by atoms with Crippen LogP contribution >= 0.6 is 0 Å². The maximum absolute atomic E-state index is 6.10. The van der Waals surface area contributed by atoms with Crippen molar-refractivity contribution in [2.75, 3.05) is 7.11 Å². The van der Waals surface area contributed by atoms with Crippen molar-refractivity contribution < 1.29 is 9.16 Å². The van der Waals surface area contributed by atoms with E-state index >= 15 is 0 Å². The van der Waals surface area contributed by atoms with Crippen molar-refractivity contribution in [3.63, 3.8) is 0 Å². The Kier molecular flexibility index (Phi) is 6.41. The van der Waals surface area contributed by atoms with Gasteiger partial charge in [0.25, 0.3) is 0 Å². The molecule has 0 aliphatic rings. The van der Waals surface area contributed by atoms with Crippen LogP contribution in [0.15, 0.2) is 24.2 Å². The Labute approximate surface area is 95.1 Å². The summed E-state index contributed by atoms with van der Waals surface area (Å²) in [6, 6.07) is 3.41. The first-order valence-corrected chi connectivity index (χ1v) is 8.16. The Bertz CT molecular complexity index is 222. The van der Waals surface area contributed by atoms with E-state index < -0.39 is 8.32 Å². The number of rotatable bonds is 7. The predicted molar refractivity (Wildman–Crippen MR) is 68.2 cm³/mol. The summed E-state index contributed by atoms with van der Waals surface area (Å²) in [6.07, 6.45) is 1.68. The van der Waals surface area contributed by atoms with Gasteiger partial charge in [-0.2, -0.15) is 0 Å². The van der Waals surface area contributed by atoms with Gasteiger partial charge in [0.15, 0.2) is 0 Å². The third kappa shape index (κ3) is 4.12. The minimum atomic E-state index is -1.57. The van der Waals surface area contributed by atoms with E-state index in [1.165, 1.54) is 0 Å². The summed E-state index contributed by atoms with van der Waals surface area (Å²) in [5.74, 6) is 0.772. The molecule has 0 atom stereocenters. The Balaban J connectivity index is 4.55. The van der Waals surface area contributed by atoms with E-state index in [-0.39, 0.29) is 0 Å². The van der Waals surface area contributed by atoms with E-state index in [1.807, 2.05) is 6.92 Å². The van der Waals surface area contributed by atoms with Crippen LogP contribution in [0, 0.1) is 0 Å². The molecule has 0 rings (SSSR count). The normalized spacial score (nSPS) is 12.5. The summed E-state index contributed by atoms with van der Waals surface area (Å²) in [4.78, 5) is 0. The summed E-state index contributed by atoms with van der Waals surface area (Å²) in [5, 5.41) is 0. The monoisotopic (exact) mass is 228 g/mol. The summed E-state index contributed by atoms with van der Waals surface area (Å²) >= 11 is 0. The van der Waals surface area contributed by atoms with Crippen LogP contribution in [0.5, 0.6) is 0 Å². The van der Waals surface area contributed by atoms with E-state index in [0.717, 1.165) is 29.5 Å². The zero-order chi connectivity index (χ0) is 11.9. The van der Waals surface area contributed by atoms with Crippen molar-refractivity contribution in [3.05, 3.63) is 24.2 Å². The fourth-order valence-electron chi connectivity index (χ4n) is 1.55.